The molecular formula is C13H25NO3Si. The van der Waals surface area contributed by atoms with E-state index in [-0.39, 0.29) is 6.09 Å². The first-order chi connectivity index (χ1) is 8.38. The molecule has 1 aliphatic rings. The van der Waals surface area contributed by atoms with E-state index in [0.29, 0.717) is 26.1 Å². The fraction of sp³-hybridized carbons (Fsp3) is 0.769. The first-order valence-corrected chi connectivity index (χ1v) is 10.4. The smallest absolute Gasteiger partial charge is 0.409 e. The molecule has 1 rings (SSSR count). The number of ether oxygens (including phenoxy) is 1. The van der Waals surface area contributed by atoms with Gasteiger partial charge in [0.1, 0.15) is 0 Å². The number of hydrogen-bond acceptors (Lipinski definition) is 3. The van der Waals surface area contributed by atoms with Crippen molar-refractivity contribution >= 4 is 14.2 Å². The molecule has 0 aromatic heterocycles. The SMILES string of the molecule is C[Si](C)(C)CCOC(=O)N1CC/C=C/[C@@H](O)CC1. The zero-order valence-electron chi connectivity index (χ0n) is 11.7. The minimum absolute atomic E-state index is 0.240. The standard InChI is InChI=1S/C13H25NO3Si/c1-18(2,3)11-10-17-13(16)14-8-5-4-6-12(15)7-9-14/h4,6,12,15H,5,7-11H2,1-3H3/b6-4+/t12-/m1/s1. The Hall–Kier alpha value is -0.813. The van der Waals surface area contributed by atoms with Crippen LogP contribution >= 0.6 is 0 Å². The molecule has 1 heterocycles. The Balaban J connectivity index is 2.34. The van der Waals surface area contributed by atoms with Crippen LogP contribution in [0.3, 0.4) is 0 Å². The van der Waals surface area contributed by atoms with Gasteiger partial charge in [-0.1, -0.05) is 31.8 Å². The van der Waals surface area contributed by atoms with Crippen molar-refractivity contribution in [3.8, 4) is 0 Å². The number of carbonyl (C=O) groups excluding carboxylic acids is 1. The lowest BCUT2D eigenvalue weighted by atomic mass is 10.1. The van der Waals surface area contributed by atoms with Crippen LogP contribution in [-0.2, 0) is 4.74 Å². The first kappa shape index (κ1) is 15.2. The Labute approximate surface area is 111 Å². The molecule has 1 amide bonds. The van der Waals surface area contributed by atoms with Gasteiger partial charge in [-0.15, -0.1) is 0 Å². The van der Waals surface area contributed by atoms with Crippen LogP contribution < -0.4 is 0 Å². The minimum atomic E-state index is -1.15. The van der Waals surface area contributed by atoms with Gasteiger partial charge < -0.3 is 14.7 Å². The summed E-state index contributed by atoms with van der Waals surface area (Å²) < 4.78 is 5.31. The largest absolute Gasteiger partial charge is 0.450 e. The maximum absolute atomic E-state index is 11.9. The predicted molar refractivity (Wildman–Crippen MR) is 75.5 cm³/mol. The first-order valence-electron chi connectivity index (χ1n) is 6.65. The molecule has 0 saturated heterocycles. The highest BCUT2D eigenvalue weighted by atomic mass is 28.3. The molecule has 0 spiro atoms. The van der Waals surface area contributed by atoms with Crippen LogP contribution in [0.25, 0.3) is 0 Å². The summed E-state index contributed by atoms with van der Waals surface area (Å²) in [6.07, 6.45) is 4.40. The normalized spacial score (nSPS) is 23.1. The van der Waals surface area contributed by atoms with Crippen LogP contribution in [0.4, 0.5) is 4.79 Å². The van der Waals surface area contributed by atoms with Crippen LogP contribution in [0.5, 0.6) is 0 Å². The van der Waals surface area contributed by atoms with E-state index in [4.69, 9.17) is 4.74 Å². The summed E-state index contributed by atoms with van der Waals surface area (Å²) in [4.78, 5) is 13.6. The molecule has 0 unspecified atom stereocenters. The van der Waals surface area contributed by atoms with Crippen LogP contribution in [0.15, 0.2) is 12.2 Å². The van der Waals surface area contributed by atoms with Crippen molar-refractivity contribution in [2.24, 2.45) is 0 Å². The molecule has 0 radical (unpaired) electrons. The van der Waals surface area contributed by atoms with Gasteiger partial charge >= 0.3 is 6.09 Å². The Morgan fingerprint density at radius 2 is 2.17 bits per heavy atom. The van der Waals surface area contributed by atoms with Gasteiger partial charge in [0, 0.05) is 21.2 Å². The molecule has 0 aliphatic carbocycles. The van der Waals surface area contributed by atoms with Crippen molar-refractivity contribution in [3.63, 3.8) is 0 Å². The highest BCUT2D eigenvalue weighted by molar-refractivity contribution is 6.76. The van der Waals surface area contributed by atoms with Crippen molar-refractivity contribution in [1.29, 1.82) is 0 Å². The summed E-state index contributed by atoms with van der Waals surface area (Å²) in [7, 11) is -1.15. The van der Waals surface area contributed by atoms with Gasteiger partial charge in [0.15, 0.2) is 0 Å². The molecule has 0 aromatic rings. The lowest BCUT2D eigenvalue weighted by Gasteiger charge is -2.24. The van der Waals surface area contributed by atoms with E-state index in [1.165, 1.54) is 0 Å². The second kappa shape index (κ2) is 6.94. The van der Waals surface area contributed by atoms with Crippen molar-refractivity contribution < 1.29 is 14.6 Å². The summed E-state index contributed by atoms with van der Waals surface area (Å²) in [6.45, 7) is 8.55. The summed E-state index contributed by atoms with van der Waals surface area (Å²) in [6, 6.07) is 0.995. The van der Waals surface area contributed by atoms with Crippen LogP contribution in [0.2, 0.25) is 25.7 Å². The molecule has 1 N–H and O–H groups in total. The van der Waals surface area contributed by atoms with E-state index in [1.54, 1.807) is 11.0 Å². The molecule has 0 aromatic carbocycles. The van der Waals surface area contributed by atoms with E-state index < -0.39 is 14.2 Å². The summed E-state index contributed by atoms with van der Waals surface area (Å²) in [5.74, 6) is 0. The highest BCUT2D eigenvalue weighted by Gasteiger charge is 2.18. The Morgan fingerprint density at radius 1 is 1.44 bits per heavy atom. The van der Waals surface area contributed by atoms with Crippen LogP contribution in [-0.4, -0.2) is 50.0 Å². The summed E-state index contributed by atoms with van der Waals surface area (Å²) in [5.41, 5.74) is 0. The molecule has 1 aliphatic heterocycles. The van der Waals surface area contributed by atoms with Gasteiger partial charge in [0.25, 0.3) is 0 Å². The second-order valence-corrected chi connectivity index (χ2v) is 11.6. The maximum Gasteiger partial charge on any atom is 0.409 e. The molecular weight excluding hydrogens is 246 g/mol. The predicted octanol–water partition coefficient (Wildman–Crippen LogP) is 2.47. The molecule has 1 atom stereocenters. The molecule has 0 saturated carbocycles. The number of aliphatic hydroxyl groups is 1. The molecule has 18 heavy (non-hydrogen) atoms. The highest BCUT2D eigenvalue weighted by Crippen LogP contribution is 2.10. The van der Waals surface area contributed by atoms with E-state index in [2.05, 4.69) is 19.6 Å². The van der Waals surface area contributed by atoms with Crippen molar-refractivity contribution in [3.05, 3.63) is 12.2 Å². The van der Waals surface area contributed by atoms with Crippen molar-refractivity contribution in [2.75, 3.05) is 19.7 Å². The topological polar surface area (TPSA) is 49.8 Å². The van der Waals surface area contributed by atoms with Crippen molar-refractivity contribution in [1.82, 2.24) is 4.90 Å². The molecule has 5 heteroatoms. The lowest BCUT2D eigenvalue weighted by Crippen LogP contribution is -2.36. The zero-order valence-corrected chi connectivity index (χ0v) is 12.7. The third-order valence-electron chi connectivity index (χ3n) is 2.95. The Morgan fingerprint density at radius 3 is 2.83 bits per heavy atom. The maximum atomic E-state index is 11.9. The Bertz CT molecular complexity index is 299. The summed E-state index contributed by atoms with van der Waals surface area (Å²) in [5, 5.41) is 9.54. The second-order valence-electron chi connectivity index (χ2n) is 5.98. The van der Waals surface area contributed by atoms with E-state index in [0.717, 1.165) is 12.5 Å². The number of rotatable bonds is 3. The molecule has 104 valence electrons. The van der Waals surface area contributed by atoms with Crippen LogP contribution in [0, 0.1) is 0 Å². The molecule has 0 bridgehead atoms. The lowest BCUT2D eigenvalue weighted by molar-refractivity contribution is 0.0994. The van der Waals surface area contributed by atoms with Gasteiger partial charge in [-0.2, -0.15) is 0 Å². The van der Waals surface area contributed by atoms with Gasteiger partial charge in [-0.05, 0) is 18.9 Å². The third kappa shape index (κ3) is 6.21. The van der Waals surface area contributed by atoms with Gasteiger partial charge in [0.2, 0.25) is 0 Å². The number of nitrogens with zero attached hydrogens (tertiary/aromatic N) is 1. The molecule has 0 fully saturated rings. The fourth-order valence-electron chi connectivity index (χ4n) is 1.70. The average Bonchev–Trinajstić information content (AvgIpc) is 2.22. The minimum Gasteiger partial charge on any atom is -0.450 e. The van der Waals surface area contributed by atoms with Gasteiger partial charge in [-0.25, -0.2) is 4.79 Å². The van der Waals surface area contributed by atoms with E-state index in [1.807, 2.05) is 6.08 Å². The Kier molecular flexibility index (Phi) is 5.88. The number of aliphatic hydroxyl groups excluding tert-OH is 1. The van der Waals surface area contributed by atoms with Gasteiger partial charge in [0.05, 0.1) is 12.7 Å². The number of hydrogen-bond donors (Lipinski definition) is 1. The van der Waals surface area contributed by atoms with E-state index >= 15 is 0 Å². The zero-order chi connectivity index (χ0) is 13.6. The molecule has 4 nitrogen and oxygen atoms in total. The van der Waals surface area contributed by atoms with Gasteiger partial charge in [-0.3, -0.25) is 0 Å². The van der Waals surface area contributed by atoms with Crippen molar-refractivity contribution in [2.45, 2.75) is 44.6 Å². The fourth-order valence-corrected chi connectivity index (χ4v) is 2.41. The third-order valence-corrected chi connectivity index (χ3v) is 4.66. The average molecular weight is 271 g/mol. The quantitative estimate of drug-likeness (QED) is 0.634. The number of carbonyl (C=O) groups is 1. The monoisotopic (exact) mass is 271 g/mol. The van der Waals surface area contributed by atoms with E-state index in [9.17, 15) is 9.90 Å². The van der Waals surface area contributed by atoms with Crippen LogP contribution in [0.1, 0.15) is 12.8 Å². The number of amides is 1. The summed E-state index contributed by atoms with van der Waals surface area (Å²) >= 11 is 0.